The van der Waals surface area contributed by atoms with E-state index in [-0.39, 0.29) is 0 Å². The molecule has 2 saturated carbocycles. The molecule has 0 aliphatic heterocycles. The lowest BCUT2D eigenvalue weighted by Crippen LogP contribution is -2.42. The second-order valence-corrected chi connectivity index (χ2v) is 7.31. The van der Waals surface area contributed by atoms with Crippen LogP contribution in [0.3, 0.4) is 0 Å². The quantitative estimate of drug-likeness (QED) is 0.878. The molecule has 106 valence electrons. The summed E-state index contributed by atoms with van der Waals surface area (Å²) in [5, 5.41) is 6.17. The summed E-state index contributed by atoms with van der Waals surface area (Å²) in [5.41, 5.74) is 6.14. The van der Waals surface area contributed by atoms with Crippen molar-refractivity contribution < 1.29 is 0 Å². The summed E-state index contributed by atoms with van der Waals surface area (Å²) in [5.74, 6) is 0.844. The van der Waals surface area contributed by atoms with Gasteiger partial charge in [-0.3, -0.25) is 0 Å². The molecule has 3 rings (SSSR count). The van der Waals surface area contributed by atoms with Crippen molar-refractivity contribution >= 4 is 11.3 Å². The van der Waals surface area contributed by atoms with Gasteiger partial charge in [0.25, 0.3) is 0 Å². The first kappa shape index (κ1) is 13.6. The summed E-state index contributed by atoms with van der Waals surface area (Å²) in [6.07, 6.45) is 10.6. The molecule has 0 radical (unpaired) electrons. The number of thiophene rings is 1. The monoisotopic (exact) mass is 278 g/mol. The second-order valence-electron chi connectivity index (χ2n) is 6.33. The van der Waals surface area contributed by atoms with Gasteiger partial charge in [0.05, 0.1) is 0 Å². The molecule has 2 nitrogen and oxygen atoms in total. The summed E-state index contributed by atoms with van der Waals surface area (Å²) in [6.45, 7) is 0. The molecule has 2 aliphatic carbocycles. The Morgan fingerprint density at radius 2 is 2.00 bits per heavy atom. The first-order valence-corrected chi connectivity index (χ1v) is 8.76. The summed E-state index contributed by atoms with van der Waals surface area (Å²) in [7, 11) is 0. The summed E-state index contributed by atoms with van der Waals surface area (Å²) >= 11 is 1.91. The Bertz CT molecular complexity index is 370. The standard InChI is InChI=1S/C16H26N2S/c17-13-7-3-8-14(11-13)18-16(12-5-1-2-6-12)15-9-4-10-19-15/h4,9-10,12-14,16,18H,1-3,5-8,11,17H2. The molecule has 3 unspecified atom stereocenters. The van der Waals surface area contributed by atoms with Crippen molar-refractivity contribution in [2.45, 2.75) is 69.5 Å². The van der Waals surface area contributed by atoms with Crippen LogP contribution in [0, 0.1) is 5.92 Å². The van der Waals surface area contributed by atoms with Gasteiger partial charge in [-0.2, -0.15) is 0 Å². The molecule has 0 saturated heterocycles. The van der Waals surface area contributed by atoms with E-state index in [4.69, 9.17) is 5.73 Å². The van der Waals surface area contributed by atoms with Crippen LogP contribution in [-0.2, 0) is 0 Å². The predicted octanol–water partition coefficient (Wildman–Crippen LogP) is 3.84. The van der Waals surface area contributed by atoms with Crippen LogP contribution in [0.5, 0.6) is 0 Å². The van der Waals surface area contributed by atoms with Gasteiger partial charge in [-0.15, -0.1) is 11.3 Å². The van der Waals surface area contributed by atoms with Gasteiger partial charge in [0.15, 0.2) is 0 Å². The molecular formula is C16H26N2S. The minimum Gasteiger partial charge on any atom is -0.328 e. The topological polar surface area (TPSA) is 38.0 Å². The molecule has 0 bridgehead atoms. The van der Waals surface area contributed by atoms with Gasteiger partial charge in [-0.05, 0) is 49.5 Å². The predicted molar refractivity (Wildman–Crippen MR) is 82.4 cm³/mol. The van der Waals surface area contributed by atoms with E-state index >= 15 is 0 Å². The van der Waals surface area contributed by atoms with Gasteiger partial charge in [0.1, 0.15) is 0 Å². The maximum atomic E-state index is 6.14. The minimum absolute atomic E-state index is 0.416. The fraction of sp³-hybridized carbons (Fsp3) is 0.750. The Labute approximate surface area is 120 Å². The van der Waals surface area contributed by atoms with Crippen molar-refractivity contribution in [1.29, 1.82) is 0 Å². The Kier molecular flexibility index (Phi) is 4.57. The average Bonchev–Trinajstić information content (AvgIpc) is 3.10. The summed E-state index contributed by atoms with van der Waals surface area (Å²) in [4.78, 5) is 1.53. The molecule has 0 aromatic carbocycles. The van der Waals surface area contributed by atoms with E-state index in [0.29, 0.717) is 18.1 Å². The molecule has 3 heteroatoms. The van der Waals surface area contributed by atoms with Crippen LogP contribution in [0.2, 0.25) is 0 Å². The minimum atomic E-state index is 0.416. The molecule has 0 spiro atoms. The molecule has 3 N–H and O–H groups in total. The highest BCUT2D eigenvalue weighted by molar-refractivity contribution is 7.10. The van der Waals surface area contributed by atoms with E-state index in [1.807, 2.05) is 11.3 Å². The highest BCUT2D eigenvalue weighted by atomic mass is 32.1. The fourth-order valence-electron chi connectivity index (χ4n) is 3.84. The van der Waals surface area contributed by atoms with Crippen LogP contribution in [0.15, 0.2) is 17.5 Å². The molecular weight excluding hydrogens is 252 g/mol. The average molecular weight is 278 g/mol. The highest BCUT2D eigenvalue weighted by Gasteiger charge is 2.30. The lowest BCUT2D eigenvalue weighted by atomic mass is 9.89. The summed E-state index contributed by atoms with van der Waals surface area (Å²) < 4.78 is 0. The third-order valence-electron chi connectivity index (χ3n) is 4.85. The van der Waals surface area contributed by atoms with Crippen LogP contribution >= 0.6 is 11.3 Å². The number of nitrogens with two attached hydrogens (primary N) is 1. The van der Waals surface area contributed by atoms with Crippen molar-refractivity contribution in [2.75, 3.05) is 0 Å². The number of nitrogens with one attached hydrogen (secondary N) is 1. The maximum Gasteiger partial charge on any atom is 0.0445 e. The van der Waals surface area contributed by atoms with E-state index in [0.717, 1.165) is 12.3 Å². The first-order chi connectivity index (χ1) is 9.33. The normalized spacial score (nSPS) is 30.6. The Morgan fingerprint density at radius 1 is 1.16 bits per heavy atom. The zero-order valence-electron chi connectivity index (χ0n) is 11.7. The molecule has 1 aromatic rings. The zero-order valence-corrected chi connectivity index (χ0v) is 12.5. The summed E-state index contributed by atoms with van der Waals surface area (Å²) in [6, 6.07) is 6.13. The van der Waals surface area contributed by atoms with E-state index in [2.05, 4.69) is 22.8 Å². The van der Waals surface area contributed by atoms with Gasteiger partial charge in [0.2, 0.25) is 0 Å². The van der Waals surface area contributed by atoms with Crippen LogP contribution < -0.4 is 11.1 Å². The van der Waals surface area contributed by atoms with Crippen molar-refractivity contribution in [2.24, 2.45) is 11.7 Å². The third kappa shape index (κ3) is 3.39. The van der Waals surface area contributed by atoms with E-state index in [1.165, 1.54) is 49.8 Å². The van der Waals surface area contributed by atoms with Crippen LogP contribution in [0.25, 0.3) is 0 Å². The fourth-order valence-corrected chi connectivity index (χ4v) is 4.72. The largest absolute Gasteiger partial charge is 0.328 e. The van der Waals surface area contributed by atoms with Crippen molar-refractivity contribution in [3.05, 3.63) is 22.4 Å². The first-order valence-electron chi connectivity index (χ1n) is 7.88. The maximum absolute atomic E-state index is 6.14. The van der Waals surface area contributed by atoms with Gasteiger partial charge < -0.3 is 11.1 Å². The van der Waals surface area contributed by atoms with E-state index < -0.39 is 0 Å². The highest BCUT2D eigenvalue weighted by Crippen LogP contribution is 2.38. The smallest absolute Gasteiger partial charge is 0.0445 e. The van der Waals surface area contributed by atoms with E-state index in [9.17, 15) is 0 Å². The number of hydrogen-bond acceptors (Lipinski definition) is 3. The lowest BCUT2D eigenvalue weighted by molar-refractivity contribution is 0.271. The van der Waals surface area contributed by atoms with Crippen molar-refractivity contribution in [3.8, 4) is 0 Å². The van der Waals surface area contributed by atoms with Crippen molar-refractivity contribution in [3.63, 3.8) is 0 Å². The van der Waals surface area contributed by atoms with Crippen LogP contribution in [0.1, 0.15) is 62.3 Å². The van der Waals surface area contributed by atoms with Crippen LogP contribution in [-0.4, -0.2) is 12.1 Å². The third-order valence-corrected chi connectivity index (χ3v) is 5.81. The molecule has 1 aromatic heterocycles. The lowest BCUT2D eigenvalue weighted by Gasteiger charge is -2.33. The number of hydrogen-bond donors (Lipinski definition) is 2. The van der Waals surface area contributed by atoms with Gasteiger partial charge >= 0.3 is 0 Å². The molecule has 19 heavy (non-hydrogen) atoms. The molecule has 0 amide bonds. The molecule has 2 aliphatic rings. The van der Waals surface area contributed by atoms with Gasteiger partial charge in [0, 0.05) is 23.0 Å². The molecule has 1 heterocycles. The van der Waals surface area contributed by atoms with Gasteiger partial charge in [-0.25, -0.2) is 0 Å². The zero-order chi connectivity index (χ0) is 13.1. The Hall–Kier alpha value is -0.380. The van der Waals surface area contributed by atoms with Crippen LogP contribution in [0.4, 0.5) is 0 Å². The number of rotatable bonds is 4. The van der Waals surface area contributed by atoms with E-state index in [1.54, 1.807) is 0 Å². The molecule has 2 fully saturated rings. The van der Waals surface area contributed by atoms with Gasteiger partial charge in [-0.1, -0.05) is 25.3 Å². The second kappa shape index (κ2) is 6.38. The Morgan fingerprint density at radius 3 is 2.68 bits per heavy atom. The van der Waals surface area contributed by atoms with Crippen molar-refractivity contribution in [1.82, 2.24) is 5.32 Å². The Balaban J connectivity index is 1.68. The molecule has 3 atom stereocenters. The SMILES string of the molecule is NC1CCCC(NC(c2cccs2)C2CCCC2)C1.